The summed E-state index contributed by atoms with van der Waals surface area (Å²) in [5, 5.41) is 6.78. The molecule has 0 unspecified atom stereocenters. The van der Waals surface area contributed by atoms with Gasteiger partial charge >= 0.3 is 0 Å². The number of nitrogens with zero attached hydrogens (tertiary/aromatic N) is 3. The molecule has 6 heteroatoms. The lowest BCUT2D eigenvalue weighted by Gasteiger charge is -2.08. The summed E-state index contributed by atoms with van der Waals surface area (Å²) in [6.45, 7) is 0. The molecular formula is C45H25N3O2S. The zero-order chi connectivity index (χ0) is 33.5. The van der Waals surface area contributed by atoms with E-state index in [2.05, 4.69) is 78.9 Å². The molecule has 5 nitrogen and oxygen atoms in total. The van der Waals surface area contributed by atoms with E-state index < -0.39 is 0 Å². The fourth-order valence-corrected chi connectivity index (χ4v) is 8.59. The molecule has 238 valence electrons. The first-order valence-electron chi connectivity index (χ1n) is 16.8. The van der Waals surface area contributed by atoms with E-state index in [0.717, 1.165) is 71.7 Å². The Bertz CT molecular complexity index is 3160. The normalized spacial score (nSPS) is 11.9. The molecule has 0 N–H and O–H groups in total. The van der Waals surface area contributed by atoms with Crippen LogP contribution in [-0.4, -0.2) is 15.0 Å². The molecular weight excluding hydrogens is 647 g/mol. The Balaban J connectivity index is 1.08. The van der Waals surface area contributed by atoms with Crippen molar-refractivity contribution in [1.29, 1.82) is 0 Å². The third-order valence-corrected chi connectivity index (χ3v) is 11.0. The Morgan fingerprint density at radius 3 is 1.76 bits per heavy atom. The van der Waals surface area contributed by atoms with Gasteiger partial charge < -0.3 is 8.83 Å². The van der Waals surface area contributed by atoms with Crippen LogP contribution in [0.25, 0.3) is 109 Å². The topological polar surface area (TPSA) is 65.0 Å². The molecule has 0 aliphatic carbocycles. The summed E-state index contributed by atoms with van der Waals surface area (Å²) in [6.07, 6.45) is 0. The van der Waals surface area contributed by atoms with E-state index in [4.69, 9.17) is 23.8 Å². The maximum Gasteiger partial charge on any atom is 0.164 e. The third-order valence-electron chi connectivity index (χ3n) is 9.75. The van der Waals surface area contributed by atoms with Crippen molar-refractivity contribution in [2.45, 2.75) is 0 Å². The molecule has 0 spiro atoms. The van der Waals surface area contributed by atoms with E-state index in [1.54, 1.807) is 11.3 Å². The number of benzene rings is 7. The summed E-state index contributed by atoms with van der Waals surface area (Å²) in [6, 6.07) is 52.1. The Hall–Kier alpha value is -6.63. The molecule has 0 aliphatic rings. The van der Waals surface area contributed by atoms with Crippen LogP contribution >= 0.6 is 11.3 Å². The van der Waals surface area contributed by atoms with Crippen molar-refractivity contribution in [1.82, 2.24) is 15.0 Å². The molecule has 4 heterocycles. The number of fused-ring (bicyclic) bond motifs is 9. The molecule has 0 atom stereocenters. The van der Waals surface area contributed by atoms with Gasteiger partial charge in [0.1, 0.15) is 22.3 Å². The zero-order valence-corrected chi connectivity index (χ0v) is 27.8. The molecule has 7 aromatic carbocycles. The molecule has 0 radical (unpaired) electrons. The van der Waals surface area contributed by atoms with Crippen molar-refractivity contribution < 1.29 is 8.83 Å². The van der Waals surface area contributed by atoms with Crippen molar-refractivity contribution in [3.63, 3.8) is 0 Å². The van der Waals surface area contributed by atoms with Crippen LogP contribution < -0.4 is 0 Å². The molecule has 11 aromatic rings. The number of thiophene rings is 1. The van der Waals surface area contributed by atoms with Crippen molar-refractivity contribution >= 4 is 75.4 Å². The highest BCUT2D eigenvalue weighted by atomic mass is 32.1. The Morgan fingerprint density at radius 1 is 0.373 bits per heavy atom. The monoisotopic (exact) mass is 671 g/mol. The molecule has 0 bridgehead atoms. The van der Waals surface area contributed by atoms with Crippen molar-refractivity contribution in [3.8, 4) is 45.3 Å². The standard InChI is InChI=1S/C45H25N3O2S/c1-2-10-26(11-3-1)43-46-44(27-21-23-39-36(24-27)30-13-5-6-18-37(30)49-39)48-45(47-43)28-20-22-31-34-16-9-17-35(42(34)51-40(31)25-28)33-15-8-14-32-29-12-4-7-19-38(29)50-41(32)33/h1-25H. The fraction of sp³-hybridized carbons (Fsp3) is 0. The Kier molecular flexibility index (Phi) is 6.05. The van der Waals surface area contributed by atoms with Gasteiger partial charge in [0, 0.05) is 69.5 Å². The van der Waals surface area contributed by atoms with Crippen LogP contribution in [0.2, 0.25) is 0 Å². The average molecular weight is 672 g/mol. The molecule has 0 fully saturated rings. The highest BCUT2D eigenvalue weighted by Gasteiger charge is 2.18. The van der Waals surface area contributed by atoms with Gasteiger partial charge in [0.05, 0.1) is 0 Å². The number of rotatable bonds is 4. The number of hydrogen-bond donors (Lipinski definition) is 0. The van der Waals surface area contributed by atoms with Crippen molar-refractivity contribution in [2.75, 3.05) is 0 Å². The lowest BCUT2D eigenvalue weighted by Crippen LogP contribution is -2.00. The van der Waals surface area contributed by atoms with Gasteiger partial charge in [-0.25, -0.2) is 15.0 Å². The summed E-state index contributed by atoms with van der Waals surface area (Å²) in [5.41, 5.74) is 8.55. The van der Waals surface area contributed by atoms with E-state index in [1.807, 2.05) is 72.8 Å². The highest BCUT2D eigenvalue weighted by Crippen LogP contribution is 2.44. The second-order valence-corrected chi connectivity index (χ2v) is 13.8. The molecule has 0 aliphatic heterocycles. The minimum absolute atomic E-state index is 0.615. The van der Waals surface area contributed by atoms with Crippen molar-refractivity contribution in [3.05, 3.63) is 152 Å². The summed E-state index contributed by atoms with van der Waals surface area (Å²) in [5.74, 6) is 1.87. The van der Waals surface area contributed by atoms with E-state index in [9.17, 15) is 0 Å². The van der Waals surface area contributed by atoms with Crippen LogP contribution in [0.5, 0.6) is 0 Å². The third kappa shape index (κ3) is 4.43. The van der Waals surface area contributed by atoms with E-state index >= 15 is 0 Å². The van der Waals surface area contributed by atoms with Gasteiger partial charge in [-0.2, -0.15) is 0 Å². The molecule has 4 aromatic heterocycles. The van der Waals surface area contributed by atoms with Gasteiger partial charge in [-0.05, 0) is 36.4 Å². The highest BCUT2D eigenvalue weighted by molar-refractivity contribution is 7.26. The van der Waals surface area contributed by atoms with E-state index in [0.29, 0.717) is 17.5 Å². The quantitative estimate of drug-likeness (QED) is 0.186. The first kappa shape index (κ1) is 28.2. The molecule has 51 heavy (non-hydrogen) atoms. The number of aromatic nitrogens is 3. The van der Waals surface area contributed by atoms with Gasteiger partial charge in [-0.15, -0.1) is 11.3 Å². The Morgan fingerprint density at radius 2 is 0.961 bits per heavy atom. The average Bonchev–Trinajstić information content (AvgIpc) is 3.89. The van der Waals surface area contributed by atoms with Gasteiger partial charge in [0.15, 0.2) is 17.5 Å². The van der Waals surface area contributed by atoms with Crippen LogP contribution in [0, 0.1) is 0 Å². The summed E-state index contributed by atoms with van der Waals surface area (Å²) >= 11 is 1.79. The fourth-order valence-electron chi connectivity index (χ4n) is 7.32. The van der Waals surface area contributed by atoms with Crippen LogP contribution in [0.4, 0.5) is 0 Å². The van der Waals surface area contributed by atoms with Gasteiger partial charge in [0.25, 0.3) is 0 Å². The number of para-hydroxylation sites is 3. The minimum Gasteiger partial charge on any atom is -0.456 e. The maximum absolute atomic E-state index is 6.45. The predicted octanol–water partition coefficient (Wildman–Crippen LogP) is 12.7. The van der Waals surface area contributed by atoms with Gasteiger partial charge in [-0.1, -0.05) is 115 Å². The number of hydrogen-bond acceptors (Lipinski definition) is 6. The van der Waals surface area contributed by atoms with E-state index in [1.165, 1.54) is 20.2 Å². The van der Waals surface area contributed by atoms with Gasteiger partial charge in [0.2, 0.25) is 0 Å². The first-order chi connectivity index (χ1) is 25.2. The zero-order valence-electron chi connectivity index (χ0n) is 27.0. The maximum atomic E-state index is 6.45. The molecule has 11 rings (SSSR count). The molecule has 0 saturated heterocycles. The molecule has 0 saturated carbocycles. The second-order valence-electron chi connectivity index (χ2n) is 12.8. The summed E-state index contributed by atoms with van der Waals surface area (Å²) in [7, 11) is 0. The summed E-state index contributed by atoms with van der Waals surface area (Å²) in [4.78, 5) is 15.1. The largest absolute Gasteiger partial charge is 0.456 e. The molecule has 0 amide bonds. The predicted molar refractivity (Wildman–Crippen MR) is 209 cm³/mol. The van der Waals surface area contributed by atoms with Gasteiger partial charge in [-0.3, -0.25) is 0 Å². The Labute approximate surface area is 295 Å². The minimum atomic E-state index is 0.615. The van der Waals surface area contributed by atoms with E-state index in [-0.39, 0.29) is 0 Å². The lowest BCUT2D eigenvalue weighted by atomic mass is 10.00. The smallest absolute Gasteiger partial charge is 0.164 e. The van der Waals surface area contributed by atoms with Crippen molar-refractivity contribution in [2.24, 2.45) is 0 Å². The first-order valence-corrected chi connectivity index (χ1v) is 17.7. The number of furan rings is 2. The van der Waals surface area contributed by atoms with Crippen LogP contribution in [0.1, 0.15) is 0 Å². The van der Waals surface area contributed by atoms with Crippen LogP contribution in [0.15, 0.2) is 160 Å². The van der Waals surface area contributed by atoms with Crippen LogP contribution in [0.3, 0.4) is 0 Å². The SMILES string of the molecule is c1ccc(-c2nc(-c3ccc4c(c3)sc3c(-c5cccc6c5oc5ccccc56)cccc34)nc(-c3ccc4oc5ccccc5c4c3)n2)cc1. The lowest BCUT2D eigenvalue weighted by molar-refractivity contribution is 0.669. The second kappa shape index (κ2) is 10.9. The summed E-state index contributed by atoms with van der Waals surface area (Å²) < 4.78 is 14.9. The van der Waals surface area contributed by atoms with Crippen LogP contribution in [-0.2, 0) is 0 Å².